The molecule has 4 rings (SSSR count). The lowest BCUT2D eigenvalue weighted by molar-refractivity contribution is 0.0951. The zero-order chi connectivity index (χ0) is 20.2. The fraction of sp³-hybridized carbons (Fsp3) is 0.0909. The minimum absolute atomic E-state index is 0.278. The van der Waals surface area contributed by atoms with Crippen LogP contribution in [-0.2, 0) is 6.54 Å². The third-order valence-electron chi connectivity index (χ3n) is 4.45. The maximum atomic E-state index is 13.3. The van der Waals surface area contributed by atoms with E-state index >= 15 is 0 Å². The molecule has 2 aromatic heterocycles. The molecule has 29 heavy (non-hydrogen) atoms. The van der Waals surface area contributed by atoms with Crippen molar-refractivity contribution in [1.29, 1.82) is 0 Å². The number of carbonyl (C=O) groups is 1. The Kier molecular flexibility index (Phi) is 5.39. The van der Waals surface area contributed by atoms with E-state index in [9.17, 15) is 9.18 Å². The second kappa shape index (κ2) is 8.28. The van der Waals surface area contributed by atoms with Crippen LogP contribution in [0.2, 0.25) is 0 Å². The van der Waals surface area contributed by atoms with Crippen LogP contribution in [0.5, 0.6) is 5.75 Å². The topological polar surface area (TPSA) is 64.4 Å². The van der Waals surface area contributed by atoms with Gasteiger partial charge in [-0.3, -0.25) is 4.79 Å². The standard InChI is InChI=1S/C22H17FN2O3S/c1-27-18-5-3-2-4-15(18)12-24-22(26)19-20(14-6-8-17(23)9-7-14)25-28-21(19)16-10-11-29-13-16/h2-11,13H,12H2,1H3,(H,24,26). The first-order chi connectivity index (χ1) is 14.2. The smallest absolute Gasteiger partial charge is 0.257 e. The summed E-state index contributed by atoms with van der Waals surface area (Å²) in [6, 6.07) is 15.1. The Hall–Kier alpha value is -3.45. The zero-order valence-corrected chi connectivity index (χ0v) is 16.3. The van der Waals surface area contributed by atoms with E-state index in [1.165, 1.54) is 23.5 Å². The molecule has 5 nitrogen and oxygen atoms in total. The molecule has 2 heterocycles. The van der Waals surface area contributed by atoms with Crippen molar-refractivity contribution in [2.24, 2.45) is 0 Å². The van der Waals surface area contributed by atoms with Crippen molar-refractivity contribution in [1.82, 2.24) is 10.5 Å². The van der Waals surface area contributed by atoms with Gasteiger partial charge < -0.3 is 14.6 Å². The van der Waals surface area contributed by atoms with Gasteiger partial charge in [-0.15, -0.1) is 0 Å². The maximum absolute atomic E-state index is 13.3. The third kappa shape index (κ3) is 3.90. The lowest BCUT2D eigenvalue weighted by Gasteiger charge is -2.10. The van der Waals surface area contributed by atoms with Gasteiger partial charge in [0.25, 0.3) is 5.91 Å². The number of hydrogen-bond acceptors (Lipinski definition) is 5. The Morgan fingerprint density at radius 1 is 1.14 bits per heavy atom. The number of para-hydroxylation sites is 1. The minimum Gasteiger partial charge on any atom is -0.496 e. The average molecular weight is 408 g/mol. The number of thiophene rings is 1. The number of halogens is 1. The van der Waals surface area contributed by atoms with Crippen LogP contribution in [0.15, 0.2) is 69.9 Å². The fourth-order valence-electron chi connectivity index (χ4n) is 3.01. The molecule has 4 aromatic rings. The van der Waals surface area contributed by atoms with Crippen molar-refractivity contribution in [3.8, 4) is 28.3 Å². The fourth-order valence-corrected chi connectivity index (χ4v) is 3.65. The molecule has 1 N–H and O–H groups in total. The molecule has 0 aliphatic heterocycles. The molecule has 146 valence electrons. The lowest BCUT2D eigenvalue weighted by Crippen LogP contribution is -2.23. The molecule has 0 bridgehead atoms. The van der Waals surface area contributed by atoms with Crippen LogP contribution in [0, 0.1) is 5.82 Å². The molecule has 0 saturated heterocycles. The molecular formula is C22H17FN2O3S. The number of nitrogens with zero attached hydrogens (tertiary/aromatic N) is 1. The first-order valence-electron chi connectivity index (χ1n) is 8.85. The van der Waals surface area contributed by atoms with Crippen LogP contribution in [0.3, 0.4) is 0 Å². The summed E-state index contributed by atoms with van der Waals surface area (Å²) in [4.78, 5) is 13.1. The molecule has 7 heteroatoms. The highest BCUT2D eigenvalue weighted by atomic mass is 32.1. The molecule has 0 aliphatic carbocycles. The predicted molar refractivity (Wildman–Crippen MR) is 109 cm³/mol. The Morgan fingerprint density at radius 2 is 1.93 bits per heavy atom. The second-order valence-electron chi connectivity index (χ2n) is 6.25. The van der Waals surface area contributed by atoms with Gasteiger partial charge in [0, 0.05) is 28.6 Å². The van der Waals surface area contributed by atoms with Crippen molar-refractivity contribution in [3.05, 3.63) is 82.3 Å². The van der Waals surface area contributed by atoms with Crippen molar-refractivity contribution in [3.63, 3.8) is 0 Å². The van der Waals surface area contributed by atoms with Crippen molar-refractivity contribution < 1.29 is 18.4 Å². The summed E-state index contributed by atoms with van der Waals surface area (Å²) in [5.74, 6) is 0.369. The van der Waals surface area contributed by atoms with Gasteiger partial charge in [0.1, 0.15) is 22.8 Å². The third-order valence-corrected chi connectivity index (χ3v) is 5.14. The maximum Gasteiger partial charge on any atom is 0.257 e. The SMILES string of the molecule is COc1ccccc1CNC(=O)c1c(-c2ccc(F)cc2)noc1-c1ccsc1. The van der Waals surface area contributed by atoms with Crippen LogP contribution in [0.4, 0.5) is 4.39 Å². The van der Waals surface area contributed by atoms with Crippen LogP contribution in [0.25, 0.3) is 22.6 Å². The molecule has 0 aliphatic rings. The minimum atomic E-state index is -0.363. The highest BCUT2D eigenvalue weighted by molar-refractivity contribution is 7.08. The second-order valence-corrected chi connectivity index (χ2v) is 7.03. The number of hydrogen-bond donors (Lipinski definition) is 1. The van der Waals surface area contributed by atoms with E-state index in [4.69, 9.17) is 9.26 Å². The van der Waals surface area contributed by atoms with E-state index in [0.717, 1.165) is 11.1 Å². The van der Waals surface area contributed by atoms with E-state index in [2.05, 4.69) is 10.5 Å². The summed E-state index contributed by atoms with van der Waals surface area (Å²) >= 11 is 1.49. The van der Waals surface area contributed by atoms with E-state index in [1.54, 1.807) is 19.2 Å². The molecule has 1 amide bonds. The monoisotopic (exact) mass is 408 g/mol. The van der Waals surface area contributed by atoms with Gasteiger partial charge in [0.15, 0.2) is 5.76 Å². The molecule has 0 spiro atoms. The average Bonchev–Trinajstić information content (AvgIpc) is 3.42. The molecule has 2 aromatic carbocycles. The Morgan fingerprint density at radius 3 is 2.66 bits per heavy atom. The molecule has 0 fully saturated rings. The number of aromatic nitrogens is 1. The lowest BCUT2D eigenvalue weighted by atomic mass is 10.0. The van der Waals surface area contributed by atoms with Crippen LogP contribution in [-0.4, -0.2) is 18.2 Å². The van der Waals surface area contributed by atoms with Crippen LogP contribution >= 0.6 is 11.3 Å². The molecular weight excluding hydrogens is 391 g/mol. The van der Waals surface area contributed by atoms with Crippen LogP contribution in [0.1, 0.15) is 15.9 Å². The first-order valence-corrected chi connectivity index (χ1v) is 9.80. The Bertz CT molecular complexity index is 1120. The van der Waals surface area contributed by atoms with Gasteiger partial charge in [0.05, 0.1) is 7.11 Å². The predicted octanol–water partition coefficient (Wildman–Crippen LogP) is 5.15. The van der Waals surface area contributed by atoms with Gasteiger partial charge >= 0.3 is 0 Å². The van der Waals surface area contributed by atoms with Gasteiger partial charge in [-0.25, -0.2) is 4.39 Å². The van der Waals surface area contributed by atoms with E-state index in [1.807, 2.05) is 41.1 Å². The Balaban J connectivity index is 1.69. The van der Waals surface area contributed by atoms with E-state index in [0.29, 0.717) is 28.3 Å². The number of benzene rings is 2. The Labute approximate surface area is 170 Å². The van der Waals surface area contributed by atoms with E-state index < -0.39 is 0 Å². The molecule has 0 radical (unpaired) electrons. The zero-order valence-electron chi connectivity index (χ0n) is 15.5. The first kappa shape index (κ1) is 18.9. The summed E-state index contributed by atoms with van der Waals surface area (Å²) in [6.45, 7) is 0.278. The number of amides is 1. The summed E-state index contributed by atoms with van der Waals surface area (Å²) in [6.07, 6.45) is 0. The highest BCUT2D eigenvalue weighted by Gasteiger charge is 2.25. The molecule has 0 saturated carbocycles. The van der Waals surface area contributed by atoms with Gasteiger partial charge in [0.2, 0.25) is 0 Å². The normalized spacial score (nSPS) is 10.7. The van der Waals surface area contributed by atoms with Gasteiger partial charge in [-0.1, -0.05) is 23.4 Å². The number of methoxy groups -OCH3 is 1. The largest absolute Gasteiger partial charge is 0.496 e. The number of ether oxygens (including phenoxy) is 1. The number of carbonyl (C=O) groups excluding carboxylic acids is 1. The summed E-state index contributed by atoms with van der Waals surface area (Å²) in [5, 5.41) is 10.8. The van der Waals surface area contributed by atoms with Crippen LogP contribution < -0.4 is 10.1 Å². The summed E-state index contributed by atoms with van der Waals surface area (Å²) in [5.41, 5.74) is 2.88. The summed E-state index contributed by atoms with van der Waals surface area (Å²) < 4.78 is 24.2. The van der Waals surface area contributed by atoms with Crippen molar-refractivity contribution >= 4 is 17.2 Å². The molecule has 0 atom stereocenters. The van der Waals surface area contributed by atoms with Gasteiger partial charge in [-0.05, 0) is 41.8 Å². The quantitative estimate of drug-likeness (QED) is 0.479. The highest BCUT2D eigenvalue weighted by Crippen LogP contribution is 2.33. The van der Waals surface area contributed by atoms with Gasteiger partial charge in [-0.2, -0.15) is 11.3 Å². The number of rotatable bonds is 6. The molecule has 0 unspecified atom stereocenters. The summed E-state index contributed by atoms with van der Waals surface area (Å²) in [7, 11) is 1.59. The number of nitrogens with one attached hydrogen (secondary N) is 1. The van der Waals surface area contributed by atoms with E-state index in [-0.39, 0.29) is 18.3 Å². The van der Waals surface area contributed by atoms with Crippen molar-refractivity contribution in [2.45, 2.75) is 6.54 Å². The van der Waals surface area contributed by atoms with Crippen molar-refractivity contribution in [2.75, 3.05) is 7.11 Å².